The van der Waals surface area contributed by atoms with E-state index in [2.05, 4.69) is 20.9 Å². The molecule has 0 aliphatic carbocycles. The molecule has 5 rings (SSSR count). The zero-order valence-corrected chi connectivity index (χ0v) is 28.7. The molecule has 4 aromatic carbocycles. The van der Waals surface area contributed by atoms with Crippen molar-refractivity contribution in [2.45, 2.75) is 11.8 Å². The van der Waals surface area contributed by atoms with Gasteiger partial charge < -0.3 is 30.2 Å². The van der Waals surface area contributed by atoms with Gasteiger partial charge in [0.2, 0.25) is 5.91 Å². The van der Waals surface area contributed by atoms with Crippen molar-refractivity contribution in [1.29, 1.82) is 0 Å². The van der Waals surface area contributed by atoms with Crippen molar-refractivity contribution < 1.29 is 28.6 Å². The molecule has 3 N–H and O–H groups in total. The summed E-state index contributed by atoms with van der Waals surface area (Å²) in [7, 11) is 3.06. The first-order chi connectivity index (χ1) is 23.8. The van der Waals surface area contributed by atoms with Gasteiger partial charge in [0, 0.05) is 38.7 Å². The van der Waals surface area contributed by atoms with Gasteiger partial charge in [-0.3, -0.25) is 14.4 Å². The Morgan fingerprint density at radius 1 is 0.857 bits per heavy atom. The molecule has 0 atom stereocenters. The van der Waals surface area contributed by atoms with Gasteiger partial charge in [-0.15, -0.1) is 23.1 Å². The number of amides is 3. The molecule has 0 aliphatic rings. The van der Waals surface area contributed by atoms with Crippen LogP contribution in [-0.2, 0) is 9.59 Å². The molecule has 0 unspecified atom stereocenters. The van der Waals surface area contributed by atoms with Crippen LogP contribution in [-0.4, -0.2) is 49.3 Å². The van der Waals surface area contributed by atoms with Gasteiger partial charge in [0.25, 0.3) is 11.8 Å². The number of benzene rings is 4. The van der Waals surface area contributed by atoms with Crippen molar-refractivity contribution >= 4 is 57.7 Å². The summed E-state index contributed by atoms with van der Waals surface area (Å²) in [5.74, 6) is 0.855. The predicted molar refractivity (Wildman–Crippen MR) is 195 cm³/mol. The number of thioether (sulfide) groups is 1. The van der Waals surface area contributed by atoms with E-state index in [0.29, 0.717) is 40.1 Å². The van der Waals surface area contributed by atoms with Crippen molar-refractivity contribution in [3.05, 3.63) is 119 Å². The monoisotopic (exact) mass is 694 g/mol. The molecule has 0 bridgehead atoms. The third kappa shape index (κ3) is 9.72. The van der Waals surface area contributed by atoms with E-state index in [1.165, 1.54) is 30.2 Å². The summed E-state index contributed by atoms with van der Waals surface area (Å²) in [4.78, 5) is 44.5. The molecule has 0 fully saturated rings. The predicted octanol–water partition coefficient (Wildman–Crippen LogP) is 7.37. The van der Waals surface area contributed by atoms with Crippen molar-refractivity contribution in [2.75, 3.05) is 37.2 Å². The number of methoxy groups -OCH3 is 2. The zero-order valence-electron chi connectivity index (χ0n) is 27.0. The Bertz CT molecular complexity index is 1930. The van der Waals surface area contributed by atoms with E-state index in [-0.39, 0.29) is 17.4 Å². The average molecular weight is 695 g/mol. The summed E-state index contributed by atoms with van der Waals surface area (Å²) in [6.45, 7) is 2.54. The summed E-state index contributed by atoms with van der Waals surface area (Å²) < 4.78 is 16.3. The SMILES string of the molecule is CCOc1ccc(-c2csc(NC(=O)CSc3ccc(NC(=O)/C(=C/c4ccc(OC)cc4OC)NC(=O)c4ccccc4)cc3)n2)cc1. The number of rotatable bonds is 14. The van der Waals surface area contributed by atoms with Crippen LogP contribution in [0.1, 0.15) is 22.8 Å². The molecule has 0 saturated heterocycles. The van der Waals surface area contributed by atoms with Crippen LogP contribution in [0.4, 0.5) is 10.8 Å². The Morgan fingerprint density at radius 2 is 1.59 bits per heavy atom. The van der Waals surface area contributed by atoms with Gasteiger partial charge in [-0.05, 0) is 85.8 Å². The molecule has 49 heavy (non-hydrogen) atoms. The molecule has 0 radical (unpaired) electrons. The number of nitrogens with zero attached hydrogens (tertiary/aromatic N) is 1. The summed E-state index contributed by atoms with van der Waals surface area (Å²) in [5, 5.41) is 10.8. The second kappa shape index (κ2) is 17.0. The highest BCUT2D eigenvalue weighted by molar-refractivity contribution is 8.00. The lowest BCUT2D eigenvalue weighted by atomic mass is 10.1. The number of carbonyl (C=O) groups is 3. The van der Waals surface area contributed by atoms with E-state index in [4.69, 9.17) is 14.2 Å². The lowest BCUT2D eigenvalue weighted by Crippen LogP contribution is -2.30. The smallest absolute Gasteiger partial charge is 0.272 e. The molecule has 10 nitrogen and oxygen atoms in total. The van der Waals surface area contributed by atoms with Gasteiger partial charge in [0.1, 0.15) is 22.9 Å². The van der Waals surface area contributed by atoms with Gasteiger partial charge in [-0.1, -0.05) is 18.2 Å². The quantitative estimate of drug-likeness (QED) is 0.0813. The highest BCUT2D eigenvalue weighted by atomic mass is 32.2. The van der Waals surface area contributed by atoms with Crippen molar-refractivity contribution in [1.82, 2.24) is 10.3 Å². The third-order valence-electron chi connectivity index (χ3n) is 6.96. The van der Waals surface area contributed by atoms with Crippen LogP contribution >= 0.6 is 23.1 Å². The van der Waals surface area contributed by atoms with E-state index in [1.807, 2.05) is 36.6 Å². The Morgan fingerprint density at radius 3 is 2.29 bits per heavy atom. The number of thiazole rings is 1. The minimum absolute atomic E-state index is 0.0142. The zero-order chi connectivity index (χ0) is 34.6. The lowest BCUT2D eigenvalue weighted by molar-refractivity contribution is -0.114. The molecule has 1 aromatic heterocycles. The molecule has 12 heteroatoms. The first-order valence-corrected chi connectivity index (χ1v) is 17.0. The Hall–Kier alpha value is -5.59. The van der Waals surface area contributed by atoms with E-state index in [1.54, 1.807) is 86.0 Å². The Labute approximate surface area is 292 Å². The van der Waals surface area contributed by atoms with Gasteiger partial charge in [-0.2, -0.15) is 0 Å². The van der Waals surface area contributed by atoms with Crippen molar-refractivity contribution in [3.8, 4) is 28.5 Å². The Kier molecular flexibility index (Phi) is 12.0. The highest BCUT2D eigenvalue weighted by Gasteiger charge is 2.17. The summed E-state index contributed by atoms with van der Waals surface area (Å²) in [6, 6.07) is 28.5. The summed E-state index contributed by atoms with van der Waals surface area (Å²) in [5.41, 5.74) is 3.19. The number of aromatic nitrogens is 1. The molecule has 5 aromatic rings. The van der Waals surface area contributed by atoms with Crippen molar-refractivity contribution in [3.63, 3.8) is 0 Å². The van der Waals surface area contributed by atoms with E-state index in [0.717, 1.165) is 21.9 Å². The molecular formula is C37H34N4O6S2. The van der Waals surface area contributed by atoms with Crippen LogP contribution in [0.25, 0.3) is 17.3 Å². The van der Waals surface area contributed by atoms with Crippen LogP contribution in [0.2, 0.25) is 0 Å². The number of hydrogen-bond acceptors (Lipinski definition) is 9. The van der Waals surface area contributed by atoms with E-state index in [9.17, 15) is 14.4 Å². The standard InChI is InChI=1S/C37H34N4O6S2/c1-4-47-28-15-10-24(11-16-28)32-22-49-37(40-32)41-34(42)23-48-30-18-13-27(14-19-30)38-36(44)31(39-35(43)25-8-6-5-7-9-25)20-26-12-17-29(45-2)21-33(26)46-3/h5-22H,4,23H2,1-3H3,(H,38,44)(H,39,43)(H,40,41,42)/b31-20-. The average Bonchev–Trinajstić information content (AvgIpc) is 3.60. The van der Waals surface area contributed by atoms with Gasteiger partial charge in [-0.25, -0.2) is 4.98 Å². The molecule has 0 saturated carbocycles. The van der Waals surface area contributed by atoms with Crippen LogP contribution in [0.15, 0.2) is 113 Å². The second-order valence-electron chi connectivity index (χ2n) is 10.3. The maximum Gasteiger partial charge on any atom is 0.272 e. The van der Waals surface area contributed by atoms with Gasteiger partial charge in [0.05, 0.1) is 32.3 Å². The fraction of sp³-hybridized carbons (Fsp3) is 0.135. The summed E-state index contributed by atoms with van der Waals surface area (Å²) in [6.07, 6.45) is 1.54. The molecule has 0 aliphatic heterocycles. The topological polar surface area (TPSA) is 128 Å². The maximum atomic E-state index is 13.5. The minimum Gasteiger partial charge on any atom is -0.497 e. The lowest BCUT2D eigenvalue weighted by Gasteiger charge is -2.13. The van der Waals surface area contributed by atoms with Gasteiger partial charge in [0.15, 0.2) is 5.13 Å². The maximum absolute atomic E-state index is 13.5. The molecule has 3 amide bonds. The van der Waals surface area contributed by atoms with Crippen LogP contribution < -0.4 is 30.2 Å². The minimum atomic E-state index is -0.532. The first-order valence-electron chi connectivity index (χ1n) is 15.2. The molecule has 250 valence electrons. The highest BCUT2D eigenvalue weighted by Crippen LogP contribution is 2.28. The number of anilines is 2. The number of carbonyl (C=O) groups excluding carboxylic acids is 3. The van der Waals surface area contributed by atoms with Crippen LogP contribution in [0, 0.1) is 0 Å². The molecule has 0 spiro atoms. The fourth-order valence-electron chi connectivity index (χ4n) is 4.53. The third-order valence-corrected chi connectivity index (χ3v) is 8.73. The second-order valence-corrected chi connectivity index (χ2v) is 12.2. The van der Waals surface area contributed by atoms with Crippen molar-refractivity contribution in [2.24, 2.45) is 0 Å². The Balaban J connectivity index is 1.20. The van der Waals surface area contributed by atoms with Gasteiger partial charge >= 0.3 is 0 Å². The fourth-order valence-corrected chi connectivity index (χ4v) is 5.96. The van der Waals surface area contributed by atoms with Crippen LogP contribution in [0.3, 0.4) is 0 Å². The van der Waals surface area contributed by atoms with Crippen LogP contribution in [0.5, 0.6) is 17.2 Å². The molecule has 1 heterocycles. The summed E-state index contributed by atoms with van der Waals surface area (Å²) >= 11 is 2.71. The normalized spacial score (nSPS) is 11.0. The molecular weight excluding hydrogens is 661 g/mol. The number of nitrogens with one attached hydrogen (secondary N) is 3. The van der Waals surface area contributed by atoms with E-state index >= 15 is 0 Å². The first kappa shape index (κ1) is 34.7. The largest absolute Gasteiger partial charge is 0.497 e. The number of hydrogen-bond donors (Lipinski definition) is 3. The van der Waals surface area contributed by atoms with E-state index < -0.39 is 11.8 Å². The number of ether oxygens (including phenoxy) is 3.